The van der Waals surface area contributed by atoms with Crippen LogP contribution in [0.15, 0.2) is 36.4 Å². The number of halogens is 1. The molecule has 35 heavy (non-hydrogen) atoms. The number of benzene rings is 2. The van der Waals surface area contributed by atoms with Gasteiger partial charge in [-0.3, -0.25) is 0 Å². The van der Waals surface area contributed by atoms with Crippen LogP contribution in [-0.4, -0.2) is 20.3 Å². The smallest absolute Gasteiger partial charge is 0.133 e. The molecule has 0 aliphatic rings. The molecule has 0 aliphatic heterocycles. The average molecular weight is 593 g/mol. The van der Waals surface area contributed by atoms with Crippen molar-refractivity contribution in [3.8, 4) is 17.2 Å². The first-order chi connectivity index (χ1) is 17.2. The Hall–Kier alpha value is -1.69. The maximum Gasteiger partial charge on any atom is 0.133 e. The summed E-state index contributed by atoms with van der Waals surface area (Å²) in [5.74, 6) is 2.74. The molecule has 0 bridgehead atoms. The number of unbranched alkanes of at least 4 members (excludes halogenated alkanes) is 10. The fourth-order valence-corrected chi connectivity index (χ4v) is 4.54. The summed E-state index contributed by atoms with van der Waals surface area (Å²) >= 11 is 2.37. The van der Waals surface area contributed by atoms with Crippen molar-refractivity contribution >= 4 is 34.7 Å². The SMILES string of the molecule is CCCCCCCCOc1cc(/C=C/c2ccc(OC)cc2)c(OCCCCCCCC)cc1I. The average Bonchev–Trinajstić information content (AvgIpc) is 2.88. The van der Waals surface area contributed by atoms with Gasteiger partial charge in [-0.25, -0.2) is 0 Å². The Morgan fingerprint density at radius 3 is 1.77 bits per heavy atom. The van der Waals surface area contributed by atoms with Crippen molar-refractivity contribution in [1.29, 1.82) is 0 Å². The van der Waals surface area contributed by atoms with E-state index in [0.29, 0.717) is 0 Å². The Morgan fingerprint density at radius 1 is 0.657 bits per heavy atom. The van der Waals surface area contributed by atoms with Gasteiger partial charge in [-0.05, 0) is 65.3 Å². The van der Waals surface area contributed by atoms with Crippen LogP contribution in [0.5, 0.6) is 17.2 Å². The van der Waals surface area contributed by atoms with Gasteiger partial charge in [0, 0.05) is 5.56 Å². The Morgan fingerprint density at radius 2 is 1.20 bits per heavy atom. The molecule has 0 spiro atoms. The summed E-state index contributed by atoms with van der Waals surface area (Å²) in [6.07, 6.45) is 19.4. The molecule has 0 amide bonds. The van der Waals surface area contributed by atoms with E-state index in [1.165, 1.54) is 64.2 Å². The molecule has 0 unspecified atom stereocenters. The normalized spacial score (nSPS) is 11.2. The first kappa shape index (κ1) is 29.5. The summed E-state index contributed by atoms with van der Waals surface area (Å²) in [6.45, 7) is 6.03. The first-order valence-electron chi connectivity index (χ1n) is 13.6. The fourth-order valence-electron chi connectivity index (χ4n) is 3.95. The molecule has 0 aromatic heterocycles. The second kappa shape index (κ2) is 18.6. The molecule has 2 rings (SSSR count). The number of hydrogen-bond donors (Lipinski definition) is 0. The van der Waals surface area contributed by atoms with Crippen LogP contribution in [-0.2, 0) is 0 Å². The molecule has 4 heteroatoms. The van der Waals surface area contributed by atoms with Gasteiger partial charge >= 0.3 is 0 Å². The van der Waals surface area contributed by atoms with E-state index in [-0.39, 0.29) is 0 Å². The minimum absolute atomic E-state index is 0.754. The minimum atomic E-state index is 0.754. The van der Waals surface area contributed by atoms with Crippen LogP contribution in [0, 0.1) is 3.57 Å². The Balaban J connectivity index is 2.02. The molecule has 0 saturated carbocycles. The summed E-state index contributed by atoms with van der Waals surface area (Å²) in [4.78, 5) is 0. The van der Waals surface area contributed by atoms with Gasteiger partial charge in [-0.1, -0.05) is 102 Å². The first-order valence-corrected chi connectivity index (χ1v) is 14.7. The summed E-state index contributed by atoms with van der Waals surface area (Å²) in [5.41, 5.74) is 2.19. The zero-order valence-electron chi connectivity index (χ0n) is 22.1. The van der Waals surface area contributed by atoms with Crippen LogP contribution in [0.2, 0.25) is 0 Å². The van der Waals surface area contributed by atoms with Crippen molar-refractivity contribution in [1.82, 2.24) is 0 Å². The number of methoxy groups -OCH3 is 1. The molecule has 0 N–H and O–H groups in total. The molecule has 0 fully saturated rings. The van der Waals surface area contributed by atoms with E-state index in [2.05, 4.69) is 72.9 Å². The van der Waals surface area contributed by atoms with Crippen molar-refractivity contribution in [3.05, 3.63) is 51.1 Å². The zero-order valence-corrected chi connectivity index (χ0v) is 24.3. The van der Waals surface area contributed by atoms with Crippen LogP contribution in [0.1, 0.15) is 102 Å². The van der Waals surface area contributed by atoms with E-state index in [9.17, 15) is 0 Å². The van der Waals surface area contributed by atoms with E-state index in [1.54, 1.807) is 7.11 Å². The monoisotopic (exact) mass is 592 g/mol. The quantitative estimate of drug-likeness (QED) is 0.0923. The summed E-state index contributed by atoms with van der Waals surface area (Å²) in [5, 5.41) is 0. The molecule has 0 radical (unpaired) electrons. The molecule has 0 saturated heterocycles. The van der Waals surface area contributed by atoms with E-state index in [4.69, 9.17) is 14.2 Å². The van der Waals surface area contributed by atoms with Gasteiger partial charge in [0.25, 0.3) is 0 Å². The van der Waals surface area contributed by atoms with Crippen molar-refractivity contribution in [2.24, 2.45) is 0 Å². The third-order valence-electron chi connectivity index (χ3n) is 6.15. The molecule has 0 atom stereocenters. The Kier molecular flexibility index (Phi) is 15.7. The summed E-state index contributed by atoms with van der Waals surface area (Å²) in [6, 6.07) is 12.4. The number of rotatable bonds is 19. The van der Waals surface area contributed by atoms with E-state index < -0.39 is 0 Å². The second-order valence-electron chi connectivity index (χ2n) is 9.16. The third kappa shape index (κ3) is 12.2. The lowest BCUT2D eigenvalue weighted by atomic mass is 10.1. The third-order valence-corrected chi connectivity index (χ3v) is 6.99. The molecule has 2 aromatic rings. The van der Waals surface area contributed by atoms with Crippen LogP contribution in [0.25, 0.3) is 12.2 Å². The second-order valence-corrected chi connectivity index (χ2v) is 10.3. The fraction of sp³-hybridized carbons (Fsp3) is 0.548. The molecule has 0 heterocycles. The maximum absolute atomic E-state index is 6.25. The van der Waals surface area contributed by atoms with Crippen molar-refractivity contribution in [3.63, 3.8) is 0 Å². The summed E-state index contributed by atoms with van der Waals surface area (Å²) < 4.78 is 18.8. The molecule has 0 aliphatic carbocycles. The summed E-state index contributed by atoms with van der Waals surface area (Å²) in [7, 11) is 1.69. The van der Waals surface area contributed by atoms with Gasteiger partial charge in [0.2, 0.25) is 0 Å². The largest absolute Gasteiger partial charge is 0.497 e. The highest BCUT2D eigenvalue weighted by Gasteiger charge is 2.10. The van der Waals surface area contributed by atoms with Gasteiger partial charge in [-0.15, -0.1) is 0 Å². The predicted molar refractivity (Wildman–Crippen MR) is 159 cm³/mol. The van der Waals surface area contributed by atoms with Crippen LogP contribution in [0.3, 0.4) is 0 Å². The lowest BCUT2D eigenvalue weighted by molar-refractivity contribution is 0.294. The van der Waals surface area contributed by atoms with Gasteiger partial charge in [0.15, 0.2) is 0 Å². The predicted octanol–water partition coefficient (Wildman–Crippen LogP) is 9.95. The number of ether oxygens (including phenoxy) is 3. The number of hydrogen-bond acceptors (Lipinski definition) is 3. The van der Waals surface area contributed by atoms with Gasteiger partial charge < -0.3 is 14.2 Å². The lowest BCUT2D eigenvalue weighted by Gasteiger charge is -2.14. The van der Waals surface area contributed by atoms with Crippen molar-refractivity contribution < 1.29 is 14.2 Å². The van der Waals surface area contributed by atoms with Crippen LogP contribution >= 0.6 is 22.6 Å². The topological polar surface area (TPSA) is 27.7 Å². The molecular formula is C31H45IO3. The van der Waals surface area contributed by atoms with Gasteiger partial charge in [0.1, 0.15) is 17.2 Å². The minimum Gasteiger partial charge on any atom is -0.497 e. The molecule has 2 aromatic carbocycles. The molecule has 3 nitrogen and oxygen atoms in total. The van der Waals surface area contributed by atoms with E-state index in [0.717, 1.165) is 58.0 Å². The van der Waals surface area contributed by atoms with Gasteiger partial charge in [0.05, 0.1) is 23.9 Å². The maximum atomic E-state index is 6.25. The zero-order chi connectivity index (χ0) is 25.1. The van der Waals surface area contributed by atoms with Gasteiger partial charge in [-0.2, -0.15) is 0 Å². The Labute approximate surface area is 227 Å². The van der Waals surface area contributed by atoms with E-state index >= 15 is 0 Å². The molecule has 194 valence electrons. The standard InChI is InChI=1S/C31H45IO3/c1-4-6-8-10-12-14-22-34-30-25-29(32)31(35-23-15-13-11-9-7-5-2)24-27(30)19-16-26-17-20-28(33-3)21-18-26/h16-21,24-25H,4-15,22-23H2,1-3H3/b19-16+. The highest BCUT2D eigenvalue weighted by Crippen LogP contribution is 2.32. The lowest BCUT2D eigenvalue weighted by Crippen LogP contribution is -2.03. The van der Waals surface area contributed by atoms with E-state index in [1.807, 2.05) is 12.1 Å². The van der Waals surface area contributed by atoms with Crippen LogP contribution in [0.4, 0.5) is 0 Å². The molecular weight excluding hydrogens is 547 g/mol. The highest BCUT2D eigenvalue weighted by molar-refractivity contribution is 14.1. The van der Waals surface area contributed by atoms with Crippen LogP contribution < -0.4 is 14.2 Å². The highest BCUT2D eigenvalue weighted by atomic mass is 127. The Bertz CT molecular complexity index is 845. The van der Waals surface area contributed by atoms with Crippen molar-refractivity contribution in [2.75, 3.05) is 20.3 Å². The van der Waals surface area contributed by atoms with Crippen molar-refractivity contribution in [2.45, 2.75) is 90.9 Å².